The van der Waals surface area contributed by atoms with Crippen LogP contribution in [0.25, 0.3) is 0 Å². The van der Waals surface area contributed by atoms with Crippen molar-refractivity contribution < 1.29 is 4.79 Å². The van der Waals surface area contributed by atoms with Gasteiger partial charge in [-0.3, -0.25) is 4.79 Å². The second-order valence-corrected chi connectivity index (χ2v) is 6.92. The molecule has 0 atom stereocenters. The molecule has 3 aromatic carbocycles. The zero-order chi connectivity index (χ0) is 17.6. The maximum atomic E-state index is 12.6. The summed E-state index contributed by atoms with van der Waals surface area (Å²) in [4.78, 5) is 12.6. The molecule has 0 unspecified atom stereocenters. The SMILES string of the molecule is O=C(NCc1ccccc1Cl)c1cccc(Cc2ccccc2)c1Br. The van der Waals surface area contributed by atoms with E-state index in [0.717, 1.165) is 22.0 Å². The Morgan fingerprint density at radius 3 is 2.32 bits per heavy atom. The molecule has 1 N–H and O–H groups in total. The first-order valence-electron chi connectivity index (χ1n) is 7.98. The van der Waals surface area contributed by atoms with Gasteiger partial charge in [-0.25, -0.2) is 0 Å². The van der Waals surface area contributed by atoms with E-state index < -0.39 is 0 Å². The molecular formula is C21H17BrClNO. The molecule has 0 aliphatic carbocycles. The van der Waals surface area contributed by atoms with Crippen LogP contribution in [0.3, 0.4) is 0 Å². The molecule has 3 aromatic rings. The average Bonchev–Trinajstić information content (AvgIpc) is 2.63. The molecule has 0 aromatic heterocycles. The van der Waals surface area contributed by atoms with Crippen molar-refractivity contribution in [2.75, 3.05) is 0 Å². The highest BCUT2D eigenvalue weighted by Gasteiger charge is 2.13. The van der Waals surface area contributed by atoms with Crippen molar-refractivity contribution in [3.05, 3.63) is 105 Å². The van der Waals surface area contributed by atoms with Crippen LogP contribution in [-0.2, 0) is 13.0 Å². The van der Waals surface area contributed by atoms with E-state index >= 15 is 0 Å². The van der Waals surface area contributed by atoms with Gasteiger partial charge in [0.1, 0.15) is 0 Å². The Morgan fingerprint density at radius 2 is 1.56 bits per heavy atom. The van der Waals surface area contributed by atoms with Gasteiger partial charge >= 0.3 is 0 Å². The number of hydrogen-bond donors (Lipinski definition) is 1. The summed E-state index contributed by atoms with van der Waals surface area (Å²) in [7, 11) is 0. The molecule has 3 rings (SSSR count). The first-order valence-corrected chi connectivity index (χ1v) is 9.15. The monoisotopic (exact) mass is 413 g/mol. The van der Waals surface area contributed by atoms with E-state index in [1.807, 2.05) is 60.7 Å². The summed E-state index contributed by atoms with van der Waals surface area (Å²) < 4.78 is 0.829. The maximum Gasteiger partial charge on any atom is 0.252 e. The number of hydrogen-bond acceptors (Lipinski definition) is 1. The van der Waals surface area contributed by atoms with E-state index in [4.69, 9.17) is 11.6 Å². The van der Waals surface area contributed by atoms with E-state index in [1.165, 1.54) is 5.56 Å². The third kappa shape index (κ3) is 4.50. The number of amides is 1. The van der Waals surface area contributed by atoms with Crippen molar-refractivity contribution in [3.63, 3.8) is 0 Å². The highest BCUT2D eigenvalue weighted by molar-refractivity contribution is 9.10. The summed E-state index contributed by atoms with van der Waals surface area (Å²) in [6.45, 7) is 0.397. The van der Waals surface area contributed by atoms with Gasteiger partial charge in [-0.15, -0.1) is 0 Å². The van der Waals surface area contributed by atoms with Gasteiger partial charge in [0.15, 0.2) is 0 Å². The molecule has 0 heterocycles. The van der Waals surface area contributed by atoms with E-state index in [-0.39, 0.29) is 5.91 Å². The molecule has 0 saturated heterocycles. The Labute approximate surface area is 161 Å². The first kappa shape index (κ1) is 17.7. The van der Waals surface area contributed by atoms with Gasteiger partial charge in [0, 0.05) is 16.0 Å². The highest BCUT2D eigenvalue weighted by Crippen LogP contribution is 2.24. The normalized spacial score (nSPS) is 10.5. The fourth-order valence-electron chi connectivity index (χ4n) is 2.62. The number of halogens is 2. The second-order valence-electron chi connectivity index (χ2n) is 5.72. The molecule has 1 amide bonds. The van der Waals surface area contributed by atoms with Crippen molar-refractivity contribution in [2.24, 2.45) is 0 Å². The molecular weight excluding hydrogens is 398 g/mol. The molecule has 2 nitrogen and oxygen atoms in total. The quantitative estimate of drug-likeness (QED) is 0.576. The minimum absolute atomic E-state index is 0.123. The van der Waals surface area contributed by atoms with Crippen LogP contribution >= 0.6 is 27.5 Å². The lowest BCUT2D eigenvalue weighted by Crippen LogP contribution is -2.23. The fraction of sp³-hybridized carbons (Fsp3) is 0.0952. The molecule has 0 aliphatic rings. The summed E-state index contributed by atoms with van der Waals surface area (Å²) in [6.07, 6.45) is 0.771. The van der Waals surface area contributed by atoms with Crippen molar-refractivity contribution in [1.29, 1.82) is 0 Å². The molecule has 0 fully saturated rings. The smallest absolute Gasteiger partial charge is 0.252 e. The van der Waals surface area contributed by atoms with Crippen LogP contribution in [0.4, 0.5) is 0 Å². The van der Waals surface area contributed by atoms with Crippen LogP contribution < -0.4 is 5.32 Å². The molecule has 0 radical (unpaired) electrons. The predicted molar refractivity (Wildman–Crippen MR) is 106 cm³/mol. The van der Waals surface area contributed by atoms with E-state index in [2.05, 4.69) is 33.4 Å². The molecule has 4 heteroatoms. The first-order chi connectivity index (χ1) is 12.1. The maximum absolute atomic E-state index is 12.6. The number of rotatable bonds is 5. The van der Waals surface area contributed by atoms with Crippen LogP contribution in [0.2, 0.25) is 5.02 Å². The summed E-state index contributed by atoms with van der Waals surface area (Å²) >= 11 is 9.73. The Kier molecular flexibility index (Phi) is 5.90. The van der Waals surface area contributed by atoms with Gasteiger partial charge in [0.05, 0.1) is 5.56 Å². The Hall–Kier alpha value is -2.10. The van der Waals surface area contributed by atoms with Crippen LogP contribution in [0.1, 0.15) is 27.0 Å². The van der Waals surface area contributed by atoms with E-state index in [0.29, 0.717) is 17.1 Å². The lowest BCUT2D eigenvalue weighted by Gasteiger charge is -2.11. The van der Waals surface area contributed by atoms with E-state index in [9.17, 15) is 4.79 Å². The second kappa shape index (κ2) is 8.32. The topological polar surface area (TPSA) is 29.1 Å². The molecule has 126 valence electrons. The van der Waals surface area contributed by atoms with Gasteiger partial charge in [-0.1, -0.05) is 72.3 Å². The Balaban J connectivity index is 1.75. The fourth-order valence-corrected chi connectivity index (χ4v) is 3.41. The minimum Gasteiger partial charge on any atom is -0.348 e. The standard InChI is InChI=1S/C21H17BrClNO/c22-20-16(13-15-7-2-1-3-8-15)10-6-11-18(20)21(25)24-14-17-9-4-5-12-19(17)23/h1-12H,13-14H2,(H,24,25). The molecule has 0 aliphatic heterocycles. The van der Waals surface area contributed by atoms with Gasteiger partial charge < -0.3 is 5.32 Å². The molecule has 0 saturated carbocycles. The zero-order valence-corrected chi connectivity index (χ0v) is 15.8. The van der Waals surface area contributed by atoms with Crippen LogP contribution in [-0.4, -0.2) is 5.91 Å². The van der Waals surface area contributed by atoms with Crippen molar-refractivity contribution >= 4 is 33.4 Å². The summed E-state index contributed by atoms with van der Waals surface area (Å²) in [5.74, 6) is -0.123. The largest absolute Gasteiger partial charge is 0.348 e. The van der Waals surface area contributed by atoms with Crippen molar-refractivity contribution in [3.8, 4) is 0 Å². The summed E-state index contributed by atoms with van der Waals surface area (Å²) in [5, 5.41) is 3.59. The predicted octanol–water partition coefficient (Wildman–Crippen LogP) is 5.62. The van der Waals surface area contributed by atoms with Crippen LogP contribution in [0, 0.1) is 0 Å². The van der Waals surface area contributed by atoms with Gasteiger partial charge in [-0.05, 0) is 51.2 Å². The summed E-state index contributed by atoms with van der Waals surface area (Å²) in [5.41, 5.74) is 3.81. The van der Waals surface area contributed by atoms with Crippen LogP contribution in [0.5, 0.6) is 0 Å². The number of carbonyl (C=O) groups is 1. The number of nitrogens with one attached hydrogen (secondary N) is 1. The van der Waals surface area contributed by atoms with Crippen LogP contribution in [0.15, 0.2) is 77.3 Å². The lowest BCUT2D eigenvalue weighted by atomic mass is 10.0. The zero-order valence-electron chi connectivity index (χ0n) is 13.5. The van der Waals surface area contributed by atoms with Gasteiger partial charge in [0.2, 0.25) is 0 Å². The highest BCUT2D eigenvalue weighted by atomic mass is 79.9. The van der Waals surface area contributed by atoms with Crippen molar-refractivity contribution in [2.45, 2.75) is 13.0 Å². The molecule has 0 spiro atoms. The van der Waals surface area contributed by atoms with Gasteiger partial charge in [-0.2, -0.15) is 0 Å². The minimum atomic E-state index is -0.123. The Morgan fingerprint density at radius 1 is 0.880 bits per heavy atom. The van der Waals surface area contributed by atoms with Gasteiger partial charge in [0.25, 0.3) is 5.91 Å². The van der Waals surface area contributed by atoms with Crippen molar-refractivity contribution in [1.82, 2.24) is 5.32 Å². The lowest BCUT2D eigenvalue weighted by molar-refractivity contribution is 0.0950. The Bertz CT molecular complexity index is 880. The summed E-state index contributed by atoms with van der Waals surface area (Å²) in [6, 6.07) is 23.5. The third-order valence-corrected chi connectivity index (χ3v) is 5.26. The average molecular weight is 415 g/mol. The van der Waals surface area contributed by atoms with E-state index in [1.54, 1.807) is 0 Å². The number of carbonyl (C=O) groups excluding carboxylic acids is 1. The third-order valence-electron chi connectivity index (χ3n) is 3.96. The molecule has 25 heavy (non-hydrogen) atoms. The molecule has 0 bridgehead atoms. The number of benzene rings is 3.